The van der Waals surface area contributed by atoms with Crippen LogP contribution in [0.3, 0.4) is 0 Å². The van der Waals surface area contributed by atoms with Gasteiger partial charge in [-0.1, -0.05) is 30.3 Å². The van der Waals surface area contributed by atoms with Crippen molar-refractivity contribution in [3.63, 3.8) is 0 Å². The van der Waals surface area contributed by atoms with Crippen molar-refractivity contribution >= 4 is 19.1 Å². The molecule has 1 fully saturated rings. The third kappa shape index (κ3) is 6.55. The average Bonchev–Trinajstić information content (AvgIpc) is 2.92. The van der Waals surface area contributed by atoms with E-state index in [4.69, 9.17) is 10.00 Å². The topological polar surface area (TPSA) is 123 Å². The Bertz CT molecular complexity index is 695. The highest BCUT2D eigenvalue weighted by atomic mass is 16.6. The van der Waals surface area contributed by atoms with Crippen LogP contribution in [-0.4, -0.2) is 59.2 Å². The summed E-state index contributed by atoms with van der Waals surface area (Å²) in [5, 5.41) is 30.6. The lowest BCUT2D eigenvalue weighted by Crippen LogP contribution is -2.49. The molecule has 150 valence electrons. The number of rotatable bonds is 6. The normalized spacial score (nSPS) is 18.9. The Morgan fingerprint density at radius 3 is 2.71 bits per heavy atom. The summed E-state index contributed by atoms with van der Waals surface area (Å²) < 4.78 is 5.43. The molecule has 3 N–H and O–H groups in total. The first kappa shape index (κ1) is 21.7. The molecule has 2 rings (SSSR count). The van der Waals surface area contributed by atoms with Crippen LogP contribution in [0.1, 0.15) is 31.7 Å². The van der Waals surface area contributed by atoms with E-state index in [1.165, 1.54) is 0 Å². The lowest BCUT2D eigenvalue weighted by Gasteiger charge is -2.26. The van der Waals surface area contributed by atoms with Crippen molar-refractivity contribution in [1.82, 2.24) is 10.2 Å². The molecule has 1 saturated heterocycles. The van der Waals surface area contributed by atoms with E-state index in [2.05, 4.69) is 5.32 Å². The first-order valence-corrected chi connectivity index (χ1v) is 9.46. The number of ether oxygens (including phenoxy) is 1. The highest BCUT2D eigenvalue weighted by Gasteiger charge is 2.30. The second kappa shape index (κ2) is 10.7. The van der Waals surface area contributed by atoms with Gasteiger partial charge in [-0.05, 0) is 38.2 Å². The van der Waals surface area contributed by atoms with Crippen LogP contribution in [-0.2, 0) is 16.0 Å². The lowest BCUT2D eigenvalue weighted by molar-refractivity contribution is -0.134. The first-order chi connectivity index (χ1) is 13.4. The fourth-order valence-corrected chi connectivity index (χ4v) is 3.16. The second-order valence-corrected chi connectivity index (χ2v) is 7.01. The summed E-state index contributed by atoms with van der Waals surface area (Å²) in [5.74, 6) is -1.93. The minimum absolute atomic E-state index is 0.225. The summed E-state index contributed by atoms with van der Waals surface area (Å²) >= 11 is 0. The van der Waals surface area contributed by atoms with E-state index < -0.39 is 31.2 Å². The number of carbonyl (C=O) groups excluding carboxylic acids is 2. The molecular formula is C19H26BN3O5. The van der Waals surface area contributed by atoms with Crippen molar-refractivity contribution in [3.8, 4) is 6.07 Å². The molecule has 1 unspecified atom stereocenters. The van der Waals surface area contributed by atoms with E-state index in [9.17, 15) is 19.6 Å². The molecule has 1 aromatic carbocycles. The fourth-order valence-electron chi connectivity index (χ4n) is 3.16. The zero-order valence-electron chi connectivity index (χ0n) is 16.0. The number of alkyl carbamates (subject to hydrolysis) is 1. The van der Waals surface area contributed by atoms with Gasteiger partial charge in [-0.2, -0.15) is 5.26 Å². The summed E-state index contributed by atoms with van der Waals surface area (Å²) in [5.41, 5.74) is 0.845. The van der Waals surface area contributed by atoms with Gasteiger partial charge in [0.05, 0.1) is 18.6 Å². The SMILES string of the molecule is CC(C#N)C(=O)N1CCCC[C@@H](OC(=O)N[C@@H](Cc2ccccc2)B(O)O)C1. The summed E-state index contributed by atoms with van der Waals surface area (Å²) in [6.45, 7) is 2.30. The standard InChI is InChI=1S/C19H26BN3O5/c1-14(12-21)18(24)23-10-6-5-9-16(13-23)28-19(25)22-17(20(26)27)11-15-7-3-2-4-8-15/h2-4,7-8,14,16-17,26-27H,5-6,9-11,13H2,1H3,(H,22,25)/t14?,16-,17+/m1/s1. The largest absolute Gasteiger partial charge is 0.475 e. The Morgan fingerprint density at radius 2 is 2.07 bits per heavy atom. The molecule has 0 aliphatic carbocycles. The Hall–Kier alpha value is -2.57. The summed E-state index contributed by atoms with van der Waals surface area (Å²) in [6, 6.07) is 11.1. The number of nitriles is 1. The maximum Gasteiger partial charge on any atom is 0.475 e. The number of nitrogens with one attached hydrogen (secondary N) is 1. The van der Waals surface area contributed by atoms with E-state index in [0.717, 1.165) is 18.4 Å². The van der Waals surface area contributed by atoms with Gasteiger partial charge in [0.25, 0.3) is 0 Å². The van der Waals surface area contributed by atoms with Crippen molar-refractivity contribution in [2.75, 3.05) is 13.1 Å². The lowest BCUT2D eigenvalue weighted by atomic mass is 9.76. The van der Waals surface area contributed by atoms with Crippen molar-refractivity contribution in [3.05, 3.63) is 35.9 Å². The molecule has 0 radical (unpaired) electrons. The average molecular weight is 387 g/mol. The number of benzene rings is 1. The third-order valence-corrected chi connectivity index (χ3v) is 4.74. The Morgan fingerprint density at radius 1 is 1.36 bits per heavy atom. The molecule has 1 heterocycles. The van der Waals surface area contributed by atoms with Crippen LogP contribution >= 0.6 is 0 Å². The zero-order valence-corrected chi connectivity index (χ0v) is 16.0. The van der Waals surface area contributed by atoms with Gasteiger partial charge in [-0.25, -0.2) is 4.79 Å². The number of likely N-dealkylation sites (tertiary alicyclic amines) is 1. The highest BCUT2D eigenvalue weighted by Crippen LogP contribution is 2.16. The van der Waals surface area contributed by atoms with Gasteiger partial charge in [0, 0.05) is 6.54 Å². The van der Waals surface area contributed by atoms with Gasteiger partial charge in [0.15, 0.2) is 0 Å². The molecule has 0 saturated carbocycles. The quantitative estimate of drug-likeness (QED) is 0.623. The predicted molar refractivity (Wildman–Crippen MR) is 103 cm³/mol. The van der Waals surface area contributed by atoms with E-state index in [1.54, 1.807) is 11.8 Å². The smallest absolute Gasteiger partial charge is 0.444 e. The Labute approximate surface area is 165 Å². The van der Waals surface area contributed by atoms with Crippen molar-refractivity contribution in [2.24, 2.45) is 5.92 Å². The molecule has 3 atom stereocenters. The molecule has 0 aromatic heterocycles. The van der Waals surface area contributed by atoms with Crippen molar-refractivity contribution < 1.29 is 24.4 Å². The van der Waals surface area contributed by atoms with Crippen LogP contribution in [0.4, 0.5) is 4.79 Å². The van der Waals surface area contributed by atoms with Crippen LogP contribution in [0.25, 0.3) is 0 Å². The van der Waals surface area contributed by atoms with Crippen LogP contribution in [0.2, 0.25) is 0 Å². The second-order valence-electron chi connectivity index (χ2n) is 7.01. The van der Waals surface area contributed by atoms with E-state index in [1.807, 2.05) is 36.4 Å². The third-order valence-electron chi connectivity index (χ3n) is 4.74. The van der Waals surface area contributed by atoms with Crippen molar-refractivity contribution in [1.29, 1.82) is 5.26 Å². The van der Waals surface area contributed by atoms with E-state index in [0.29, 0.717) is 13.0 Å². The van der Waals surface area contributed by atoms with Gasteiger partial charge < -0.3 is 25.0 Å². The number of amides is 2. The Balaban J connectivity index is 1.93. The molecule has 1 aliphatic rings. The molecule has 0 spiro atoms. The number of hydrogen-bond acceptors (Lipinski definition) is 6. The summed E-state index contributed by atoms with van der Waals surface area (Å²) in [7, 11) is -1.74. The van der Waals surface area contributed by atoms with Gasteiger partial charge in [0.2, 0.25) is 5.91 Å². The molecule has 2 amide bonds. The van der Waals surface area contributed by atoms with E-state index >= 15 is 0 Å². The minimum Gasteiger partial charge on any atom is -0.444 e. The predicted octanol–water partition coefficient (Wildman–Crippen LogP) is 0.877. The van der Waals surface area contributed by atoms with E-state index in [-0.39, 0.29) is 18.9 Å². The summed E-state index contributed by atoms with van der Waals surface area (Å²) in [6.07, 6.45) is 1.13. The molecule has 9 heteroatoms. The molecule has 28 heavy (non-hydrogen) atoms. The molecule has 1 aromatic rings. The number of carbonyl (C=O) groups is 2. The zero-order chi connectivity index (χ0) is 20.5. The number of nitrogens with zero attached hydrogens (tertiary/aromatic N) is 2. The minimum atomic E-state index is -1.74. The number of hydrogen-bond donors (Lipinski definition) is 3. The van der Waals surface area contributed by atoms with Crippen LogP contribution in [0, 0.1) is 17.2 Å². The molecule has 1 aliphatic heterocycles. The van der Waals surface area contributed by atoms with Crippen molar-refractivity contribution in [2.45, 2.75) is 44.7 Å². The maximum atomic E-state index is 12.3. The highest BCUT2D eigenvalue weighted by molar-refractivity contribution is 6.43. The van der Waals surface area contributed by atoms with Crippen LogP contribution < -0.4 is 5.32 Å². The van der Waals surface area contributed by atoms with Gasteiger partial charge in [0.1, 0.15) is 12.0 Å². The summed E-state index contributed by atoms with van der Waals surface area (Å²) in [4.78, 5) is 26.1. The Kier molecular flexibility index (Phi) is 8.29. The molecule has 8 nitrogen and oxygen atoms in total. The van der Waals surface area contributed by atoms with Crippen LogP contribution in [0.5, 0.6) is 0 Å². The monoisotopic (exact) mass is 387 g/mol. The first-order valence-electron chi connectivity index (χ1n) is 9.46. The van der Waals surface area contributed by atoms with Gasteiger partial charge >= 0.3 is 13.2 Å². The fraction of sp³-hybridized carbons (Fsp3) is 0.526. The van der Waals surface area contributed by atoms with Gasteiger partial charge in [-0.15, -0.1) is 0 Å². The van der Waals surface area contributed by atoms with Gasteiger partial charge in [-0.3, -0.25) is 4.79 Å². The molecular weight excluding hydrogens is 361 g/mol. The van der Waals surface area contributed by atoms with Crippen LogP contribution in [0.15, 0.2) is 30.3 Å². The molecule has 0 bridgehead atoms. The maximum absolute atomic E-state index is 12.3.